The molecule has 2 rings (SSSR count). The fourth-order valence-corrected chi connectivity index (χ4v) is 1.89. The molecule has 0 heterocycles. The van der Waals surface area contributed by atoms with Gasteiger partial charge >= 0.3 is 0 Å². The molecule has 92 valence electrons. The summed E-state index contributed by atoms with van der Waals surface area (Å²) in [5.41, 5.74) is 7.70. The van der Waals surface area contributed by atoms with E-state index in [-0.39, 0.29) is 5.91 Å². The minimum atomic E-state index is 0.0298. The maximum absolute atomic E-state index is 12.1. The largest absolute Gasteiger partial charge is 0.351 e. The van der Waals surface area contributed by atoms with Crippen molar-refractivity contribution < 1.29 is 4.79 Å². The smallest absolute Gasteiger partial charge is 0.251 e. The van der Waals surface area contributed by atoms with Crippen molar-refractivity contribution in [3.63, 3.8) is 0 Å². The first-order valence-corrected chi connectivity index (χ1v) is 6.21. The number of nitrogens with one attached hydrogen (secondary N) is 1. The van der Waals surface area contributed by atoms with Crippen LogP contribution in [-0.2, 0) is 6.42 Å². The van der Waals surface area contributed by atoms with Crippen molar-refractivity contribution in [2.24, 2.45) is 11.1 Å². The summed E-state index contributed by atoms with van der Waals surface area (Å²) in [6.07, 6.45) is 3.19. The quantitative estimate of drug-likeness (QED) is 0.812. The molecule has 0 unspecified atom stereocenters. The van der Waals surface area contributed by atoms with Gasteiger partial charge in [-0.25, -0.2) is 0 Å². The molecule has 0 atom stereocenters. The molecule has 17 heavy (non-hydrogen) atoms. The van der Waals surface area contributed by atoms with Gasteiger partial charge < -0.3 is 11.1 Å². The van der Waals surface area contributed by atoms with Crippen molar-refractivity contribution in [2.75, 3.05) is 13.1 Å². The molecule has 3 heteroatoms. The van der Waals surface area contributed by atoms with Crippen LogP contribution in [-0.4, -0.2) is 19.0 Å². The molecule has 0 aliphatic heterocycles. The summed E-state index contributed by atoms with van der Waals surface area (Å²) in [4.78, 5) is 12.1. The number of hydrogen-bond acceptors (Lipinski definition) is 2. The lowest BCUT2D eigenvalue weighted by Gasteiger charge is -2.12. The van der Waals surface area contributed by atoms with E-state index >= 15 is 0 Å². The molecule has 3 nitrogen and oxygen atoms in total. The van der Waals surface area contributed by atoms with Crippen molar-refractivity contribution >= 4 is 5.91 Å². The van der Waals surface area contributed by atoms with Crippen LogP contribution in [0.1, 0.15) is 35.7 Å². The van der Waals surface area contributed by atoms with Crippen LogP contribution < -0.4 is 11.1 Å². The summed E-state index contributed by atoms with van der Waals surface area (Å²) in [6, 6.07) is 7.69. The summed E-state index contributed by atoms with van der Waals surface area (Å²) >= 11 is 0. The zero-order valence-corrected chi connectivity index (χ0v) is 10.3. The van der Waals surface area contributed by atoms with Gasteiger partial charge in [0.15, 0.2) is 0 Å². The minimum absolute atomic E-state index is 0.0298. The second kappa shape index (κ2) is 4.88. The van der Waals surface area contributed by atoms with Crippen molar-refractivity contribution in [2.45, 2.75) is 26.2 Å². The van der Waals surface area contributed by atoms with E-state index in [2.05, 4.69) is 12.2 Å². The van der Waals surface area contributed by atoms with Crippen LogP contribution in [0.25, 0.3) is 0 Å². The van der Waals surface area contributed by atoms with E-state index in [0.29, 0.717) is 12.0 Å². The molecule has 0 saturated heterocycles. The van der Waals surface area contributed by atoms with E-state index in [4.69, 9.17) is 5.73 Å². The Morgan fingerprint density at radius 1 is 1.41 bits per heavy atom. The van der Waals surface area contributed by atoms with E-state index in [1.54, 1.807) is 0 Å². The molecular formula is C14H20N2O. The second-order valence-corrected chi connectivity index (χ2v) is 5.19. The fourth-order valence-electron chi connectivity index (χ4n) is 1.89. The molecule has 0 aromatic heterocycles. The summed E-state index contributed by atoms with van der Waals surface area (Å²) in [6.45, 7) is 3.56. The maximum Gasteiger partial charge on any atom is 0.251 e. The van der Waals surface area contributed by atoms with Gasteiger partial charge in [0.2, 0.25) is 0 Å². The van der Waals surface area contributed by atoms with Gasteiger partial charge in [-0.1, -0.05) is 25.1 Å². The number of benzene rings is 1. The molecule has 0 bridgehead atoms. The normalized spacial score (nSPS) is 16.6. The number of rotatable bonds is 5. The van der Waals surface area contributed by atoms with Gasteiger partial charge in [-0.15, -0.1) is 0 Å². The summed E-state index contributed by atoms with van der Waals surface area (Å²) in [5, 5.41) is 3.02. The Hall–Kier alpha value is -1.35. The average molecular weight is 232 g/mol. The molecule has 1 aromatic carbocycles. The first kappa shape index (κ1) is 12.1. The molecule has 1 aliphatic rings. The van der Waals surface area contributed by atoms with E-state index in [1.807, 2.05) is 24.3 Å². The highest BCUT2D eigenvalue weighted by Gasteiger charge is 2.37. The number of carbonyl (C=O) groups excluding carboxylic acids is 1. The zero-order valence-electron chi connectivity index (χ0n) is 10.3. The van der Waals surface area contributed by atoms with E-state index in [9.17, 15) is 4.79 Å². The maximum atomic E-state index is 12.1. The third-order valence-electron chi connectivity index (χ3n) is 3.45. The van der Waals surface area contributed by atoms with Crippen molar-refractivity contribution in [3.8, 4) is 0 Å². The van der Waals surface area contributed by atoms with Crippen LogP contribution in [0.3, 0.4) is 0 Å². The highest BCUT2D eigenvalue weighted by Crippen LogP contribution is 2.44. The van der Waals surface area contributed by atoms with Gasteiger partial charge in [-0.3, -0.25) is 4.79 Å². The second-order valence-electron chi connectivity index (χ2n) is 5.19. The zero-order chi connectivity index (χ0) is 12.3. The summed E-state index contributed by atoms with van der Waals surface area (Å²) < 4.78 is 0. The van der Waals surface area contributed by atoms with Crippen molar-refractivity contribution in [3.05, 3.63) is 35.4 Å². The molecule has 3 N–H and O–H groups in total. The number of amides is 1. The summed E-state index contributed by atoms with van der Waals surface area (Å²) in [7, 11) is 0. The highest BCUT2D eigenvalue weighted by molar-refractivity contribution is 5.95. The van der Waals surface area contributed by atoms with E-state index in [0.717, 1.165) is 24.1 Å². The molecule has 1 amide bonds. The van der Waals surface area contributed by atoms with Crippen LogP contribution in [0.2, 0.25) is 0 Å². The Morgan fingerprint density at radius 2 is 2.12 bits per heavy atom. The predicted octanol–water partition coefficient (Wildman–Crippen LogP) is 1.72. The summed E-state index contributed by atoms with van der Waals surface area (Å²) in [5.74, 6) is 0.0298. The number of carbonyl (C=O) groups is 1. The van der Waals surface area contributed by atoms with Gasteiger partial charge in [0.25, 0.3) is 5.91 Å². The lowest BCUT2D eigenvalue weighted by molar-refractivity contribution is 0.0945. The predicted molar refractivity (Wildman–Crippen MR) is 68.9 cm³/mol. The van der Waals surface area contributed by atoms with Gasteiger partial charge in [-0.05, 0) is 42.9 Å². The van der Waals surface area contributed by atoms with Crippen LogP contribution in [0.4, 0.5) is 0 Å². The Kier molecular flexibility index (Phi) is 3.48. The van der Waals surface area contributed by atoms with Gasteiger partial charge in [0.1, 0.15) is 0 Å². The first-order valence-electron chi connectivity index (χ1n) is 6.21. The standard InChI is InChI=1S/C14H20N2O/c1-14(7-8-14)10-16-13(17)12-5-3-2-4-11(12)6-9-15/h2-5H,6-10,15H2,1H3,(H,16,17). The lowest BCUT2D eigenvalue weighted by Crippen LogP contribution is -2.29. The van der Waals surface area contributed by atoms with Gasteiger partial charge in [-0.2, -0.15) is 0 Å². The highest BCUT2D eigenvalue weighted by atomic mass is 16.1. The minimum Gasteiger partial charge on any atom is -0.351 e. The SMILES string of the molecule is CC1(CNC(=O)c2ccccc2CCN)CC1. The molecule has 0 spiro atoms. The topological polar surface area (TPSA) is 55.1 Å². The number of hydrogen-bond donors (Lipinski definition) is 2. The molecule has 1 saturated carbocycles. The molecule has 0 radical (unpaired) electrons. The van der Waals surface area contributed by atoms with Crippen molar-refractivity contribution in [1.29, 1.82) is 0 Å². The Balaban J connectivity index is 2.02. The fraction of sp³-hybridized carbons (Fsp3) is 0.500. The molecule has 1 fully saturated rings. The Morgan fingerprint density at radius 3 is 2.76 bits per heavy atom. The lowest BCUT2D eigenvalue weighted by atomic mass is 10.0. The van der Waals surface area contributed by atoms with Gasteiger partial charge in [0.05, 0.1) is 0 Å². The van der Waals surface area contributed by atoms with E-state index < -0.39 is 0 Å². The third-order valence-corrected chi connectivity index (χ3v) is 3.45. The van der Waals surface area contributed by atoms with Crippen LogP contribution in [0.5, 0.6) is 0 Å². The molecular weight excluding hydrogens is 212 g/mol. The van der Waals surface area contributed by atoms with Crippen molar-refractivity contribution in [1.82, 2.24) is 5.32 Å². The average Bonchev–Trinajstić information content (AvgIpc) is 3.06. The van der Waals surface area contributed by atoms with Crippen LogP contribution in [0.15, 0.2) is 24.3 Å². The van der Waals surface area contributed by atoms with Crippen LogP contribution >= 0.6 is 0 Å². The van der Waals surface area contributed by atoms with Gasteiger partial charge in [0, 0.05) is 12.1 Å². The third kappa shape index (κ3) is 3.07. The van der Waals surface area contributed by atoms with Crippen LogP contribution in [0, 0.1) is 5.41 Å². The van der Waals surface area contributed by atoms with E-state index in [1.165, 1.54) is 12.8 Å². The Labute approximate surface area is 102 Å². The first-order chi connectivity index (χ1) is 8.14. The number of nitrogens with two attached hydrogens (primary N) is 1. The molecule has 1 aromatic rings. The monoisotopic (exact) mass is 232 g/mol. The molecule has 1 aliphatic carbocycles. The Bertz CT molecular complexity index is 410.